The standard InChI is InChI=1S/C28H31N4O6PS/c1-36-26-16-21(10-11-25(26)37-19-23-20-40-28(29-23)31-13-6-3-7-14-31)18-38-27-22(12-15-39(33,34)35)17-32(30-27)24-8-4-2-5-9-24/h2,4-5,8-12,15-17,20H,3,6-7,13-14,18-19H2,1H3,(H2,33,34,35)/p-2/b15-12+. The number of aromatic nitrogens is 3. The lowest BCUT2D eigenvalue weighted by Crippen LogP contribution is -2.29. The Kier molecular flexibility index (Phi) is 8.86. The zero-order chi connectivity index (χ0) is 28.0. The second-order valence-electron chi connectivity index (χ2n) is 9.26. The van der Waals surface area contributed by atoms with Crippen LogP contribution in [0.1, 0.15) is 36.1 Å². The van der Waals surface area contributed by atoms with Gasteiger partial charge < -0.3 is 33.5 Å². The minimum absolute atomic E-state index is 0.126. The van der Waals surface area contributed by atoms with E-state index in [0.717, 1.165) is 35.2 Å². The van der Waals surface area contributed by atoms with Crippen molar-refractivity contribution in [3.05, 3.63) is 82.7 Å². The van der Waals surface area contributed by atoms with Gasteiger partial charge >= 0.3 is 0 Å². The first-order valence-electron chi connectivity index (χ1n) is 12.9. The Labute approximate surface area is 236 Å². The molecule has 1 fully saturated rings. The minimum Gasteiger partial charge on any atom is -0.808 e. The summed E-state index contributed by atoms with van der Waals surface area (Å²) in [6.45, 7) is 2.55. The quantitative estimate of drug-likeness (QED) is 0.238. The van der Waals surface area contributed by atoms with E-state index in [1.54, 1.807) is 29.3 Å². The number of hydrogen-bond acceptors (Lipinski definition) is 10. The van der Waals surface area contributed by atoms with Crippen molar-refractivity contribution >= 4 is 30.1 Å². The maximum Gasteiger partial charge on any atom is 0.240 e. The van der Waals surface area contributed by atoms with Crippen LogP contribution < -0.4 is 28.9 Å². The van der Waals surface area contributed by atoms with Crippen LogP contribution in [0, 0.1) is 0 Å². The van der Waals surface area contributed by atoms with Gasteiger partial charge in [-0.3, -0.25) is 0 Å². The van der Waals surface area contributed by atoms with Crippen molar-refractivity contribution in [2.75, 3.05) is 25.1 Å². The molecule has 1 aliphatic rings. The monoisotopic (exact) mass is 580 g/mol. The molecule has 0 unspecified atom stereocenters. The van der Waals surface area contributed by atoms with Crippen LogP contribution in [0.15, 0.2) is 65.9 Å². The number of ether oxygens (including phenoxy) is 3. The van der Waals surface area contributed by atoms with Crippen LogP contribution in [0.5, 0.6) is 17.4 Å². The molecule has 0 spiro atoms. The zero-order valence-corrected chi connectivity index (χ0v) is 23.7. The molecule has 12 heteroatoms. The second kappa shape index (κ2) is 12.7. The van der Waals surface area contributed by atoms with Crippen molar-refractivity contribution in [1.82, 2.24) is 14.8 Å². The first-order chi connectivity index (χ1) is 19.4. The number of thiazole rings is 1. The summed E-state index contributed by atoms with van der Waals surface area (Å²) >= 11 is 1.64. The van der Waals surface area contributed by atoms with E-state index >= 15 is 0 Å². The molecule has 0 amide bonds. The van der Waals surface area contributed by atoms with Gasteiger partial charge in [0.25, 0.3) is 0 Å². The van der Waals surface area contributed by atoms with Crippen molar-refractivity contribution in [2.45, 2.75) is 32.5 Å². The molecule has 0 atom stereocenters. The van der Waals surface area contributed by atoms with Crippen LogP contribution in [-0.4, -0.2) is 35.0 Å². The summed E-state index contributed by atoms with van der Waals surface area (Å²) in [5.41, 5.74) is 2.77. The van der Waals surface area contributed by atoms with Gasteiger partial charge in [0.05, 0.1) is 24.1 Å². The summed E-state index contributed by atoms with van der Waals surface area (Å²) in [7, 11) is -3.28. The van der Waals surface area contributed by atoms with Gasteiger partial charge in [-0.25, -0.2) is 9.67 Å². The highest BCUT2D eigenvalue weighted by Gasteiger charge is 2.16. The minimum atomic E-state index is -4.85. The number of anilines is 1. The summed E-state index contributed by atoms with van der Waals surface area (Å²) in [5.74, 6) is 1.92. The molecule has 2 aromatic heterocycles. The van der Waals surface area contributed by atoms with E-state index in [0.29, 0.717) is 29.5 Å². The number of hydrogen-bond donors (Lipinski definition) is 0. The molecule has 0 aliphatic carbocycles. The maximum absolute atomic E-state index is 11.2. The van der Waals surface area contributed by atoms with Crippen LogP contribution in [-0.2, 0) is 17.8 Å². The van der Waals surface area contributed by atoms with Gasteiger partial charge in [-0.1, -0.05) is 30.1 Å². The van der Waals surface area contributed by atoms with Crippen LogP contribution in [0.3, 0.4) is 0 Å². The van der Waals surface area contributed by atoms with Gasteiger partial charge in [-0.2, -0.15) is 0 Å². The predicted molar refractivity (Wildman–Crippen MR) is 150 cm³/mol. The normalized spacial score (nSPS) is 14.0. The fourth-order valence-corrected chi connectivity index (χ4v) is 5.51. The van der Waals surface area contributed by atoms with Crippen molar-refractivity contribution in [3.63, 3.8) is 0 Å². The summed E-state index contributed by atoms with van der Waals surface area (Å²) in [6.07, 6.45) is 6.47. The Balaban J connectivity index is 1.26. The first-order valence-corrected chi connectivity index (χ1v) is 15.3. The predicted octanol–water partition coefficient (Wildman–Crippen LogP) is 4.37. The van der Waals surface area contributed by atoms with E-state index in [1.807, 2.05) is 53.9 Å². The van der Waals surface area contributed by atoms with Crippen LogP contribution in [0.25, 0.3) is 11.8 Å². The molecule has 40 heavy (non-hydrogen) atoms. The van der Waals surface area contributed by atoms with Crippen LogP contribution in [0.4, 0.5) is 5.13 Å². The molecule has 0 N–H and O–H groups in total. The van der Waals surface area contributed by atoms with Crippen molar-refractivity contribution < 1.29 is 28.6 Å². The van der Waals surface area contributed by atoms with E-state index in [9.17, 15) is 14.4 Å². The van der Waals surface area contributed by atoms with E-state index < -0.39 is 7.60 Å². The third kappa shape index (κ3) is 7.31. The molecule has 10 nitrogen and oxygen atoms in total. The zero-order valence-electron chi connectivity index (χ0n) is 22.0. The number of nitrogens with zero attached hydrogens (tertiary/aromatic N) is 4. The Hall–Kier alpha value is -3.63. The molecule has 1 saturated heterocycles. The third-order valence-corrected chi connectivity index (χ3v) is 7.77. The molecule has 1 aliphatic heterocycles. The number of methoxy groups -OCH3 is 1. The van der Waals surface area contributed by atoms with E-state index in [4.69, 9.17) is 19.2 Å². The number of piperidine rings is 1. The Morgan fingerprint density at radius 1 is 1.02 bits per heavy atom. The SMILES string of the molecule is COc1cc(COc2nn(-c3ccccc3)cc2/C=C/P(=O)([O-])[O-])ccc1OCc1csc(N2CCCCC2)n1. The van der Waals surface area contributed by atoms with E-state index in [1.165, 1.54) is 25.3 Å². The lowest BCUT2D eigenvalue weighted by Gasteiger charge is -2.25. The van der Waals surface area contributed by atoms with Gasteiger partial charge in [-0.15, -0.1) is 16.4 Å². The molecule has 4 aromatic rings. The largest absolute Gasteiger partial charge is 0.808 e. The van der Waals surface area contributed by atoms with Crippen LogP contribution in [0.2, 0.25) is 0 Å². The molecular weight excluding hydrogens is 551 g/mol. The molecule has 210 valence electrons. The van der Waals surface area contributed by atoms with Gasteiger partial charge in [0.2, 0.25) is 5.88 Å². The molecule has 0 radical (unpaired) electrons. The molecule has 3 heterocycles. The molecule has 0 saturated carbocycles. The summed E-state index contributed by atoms with van der Waals surface area (Å²) in [4.78, 5) is 29.4. The average Bonchev–Trinajstić information content (AvgIpc) is 3.62. The highest BCUT2D eigenvalue weighted by molar-refractivity contribution is 7.52. The topological polar surface area (TPSA) is 125 Å². The fraction of sp³-hybridized carbons (Fsp3) is 0.286. The Morgan fingerprint density at radius 2 is 1.82 bits per heavy atom. The summed E-state index contributed by atoms with van der Waals surface area (Å²) < 4.78 is 30.2. The van der Waals surface area contributed by atoms with Gasteiger partial charge in [0.15, 0.2) is 16.6 Å². The lowest BCUT2D eigenvalue weighted by atomic mass is 10.1. The molecule has 5 rings (SSSR count). The molecular formula is C28H29N4O6PS-2. The van der Waals surface area contributed by atoms with Gasteiger partial charge in [0, 0.05) is 24.7 Å². The number of rotatable bonds is 11. The first kappa shape index (κ1) is 27.9. The van der Waals surface area contributed by atoms with E-state index in [2.05, 4.69) is 10.00 Å². The highest BCUT2D eigenvalue weighted by atomic mass is 32.1. The van der Waals surface area contributed by atoms with Gasteiger partial charge in [0.1, 0.15) is 13.2 Å². The van der Waals surface area contributed by atoms with Crippen LogP contribution >= 0.6 is 18.9 Å². The average molecular weight is 581 g/mol. The summed E-state index contributed by atoms with van der Waals surface area (Å²) in [5, 5.41) is 7.50. The second-order valence-corrected chi connectivity index (χ2v) is 11.5. The van der Waals surface area contributed by atoms with Crippen molar-refractivity contribution in [2.24, 2.45) is 0 Å². The number of benzene rings is 2. The maximum atomic E-state index is 11.2. The fourth-order valence-electron chi connectivity index (χ4n) is 4.30. The Morgan fingerprint density at radius 3 is 2.58 bits per heavy atom. The highest BCUT2D eigenvalue weighted by Crippen LogP contribution is 2.32. The number of para-hydroxylation sites is 1. The van der Waals surface area contributed by atoms with Crippen molar-refractivity contribution in [1.29, 1.82) is 0 Å². The van der Waals surface area contributed by atoms with Crippen molar-refractivity contribution in [3.8, 4) is 23.1 Å². The molecule has 0 bridgehead atoms. The smallest absolute Gasteiger partial charge is 0.240 e. The Bertz CT molecular complexity index is 1490. The summed E-state index contributed by atoms with van der Waals surface area (Å²) in [6, 6.07) is 14.8. The van der Waals surface area contributed by atoms with Gasteiger partial charge in [-0.05, 0) is 62.8 Å². The lowest BCUT2D eigenvalue weighted by molar-refractivity contribution is -0.308. The third-order valence-electron chi connectivity index (χ3n) is 6.31. The van der Waals surface area contributed by atoms with E-state index in [-0.39, 0.29) is 12.5 Å². The molecule has 2 aromatic carbocycles.